The second kappa shape index (κ2) is 46.2. The van der Waals surface area contributed by atoms with Crippen molar-refractivity contribution < 1.29 is 64.6 Å². The predicted octanol–water partition coefficient (Wildman–Crippen LogP) is 10.2. The summed E-state index contributed by atoms with van der Waals surface area (Å²) in [5.74, 6) is -0.252. The van der Waals surface area contributed by atoms with Crippen molar-refractivity contribution in [3.63, 3.8) is 0 Å². The Hall–Kier alpha value is -1.79. The van der Waals surface area contributed by atoms with Crippen LogP contribution in [0.5, 0.6) is 0 Å². The SMILES string of the molecule is CCCCCC/C=C\C/C=C\CCCCCCCC(=O)NC(COC1OC(CO)C(OC2OC(CO)C(O)C(O)C2O)C(O)C1O)C(O)/C=C/CCCCCCCCCCCCCCCCCCCCCCCC. The standard InChI is InChI=1S/C60H111NO13/c1-3-5-7-9-11-13-15-17-19-21-22-23-24-25-26-27-28-29-31-33-35-37-39-41-43-49(64)48(61-52(65)44-42-40-38-36-34-32-30-20-18-16-14-12-10-8-6-4-2)47-71-59-57(70)55(68)58(51(46-63)73-59)74-60-56(69)54(67)53(66)50(45-62)72-60/h14,16,20,30,41,43,48-51,53-60,62-64,66-70H,3-13,15,17-19,21-29,31-40,42,44-47H2,1-2H3,(H,61,65)/b16-14-,30-20-,43-41+. The van der Waals surface area contributed by atoms with Crippen molar-refractivity contribution in [1.29, 1.82) is 0 Å². The number of rotatable bonds is 48. The minimum absolute atomic E-state index is 0.252. The summed E-state index contributed by atoms with van der Waals surface area (Å²) >= 11 is 0. The molecule has 14 nitrogen and oxygen atoms in total. The van der Waals surface area contributed by atoms with E-state index in [9.17, 15) is 45.6 Å². The van der Waals surface area contributed by atoms with Crippen LogP contribution in [0.1, 0.15) is 245 Å². The normalized spacial score (nSPS) is 25.4. The molecule has 2 heterocycles. The van der Waals surface area contributed by atoms with Gasteiger partial charge in [0.05, 0.1) is 32.0 Å². The van der Waals surface area contributed by atoms with Crippen LogP contribution >= 0.6 is 0 Å². The summed E-state index contributed by atoms with van der Waals surface area (Å²) in [4.78, 5) is 13.2. The first-order chi connectivity index (χ1) is 36.1. The number of hydrogen-bond acceptors (Lipinski definition) is 13. The molecule has 0 bridgehead atoms. The molecule has 14 heteroatoms. The van der Waals surface area contributed by atoms with Crippen LogP contribution in [-0.2, 0) is 23.7 Å². The van der Waals surface area contributed by atoms with Crippen LogP contribution in [0.2, 0.25) is 0 Å². The van der Waals surface area contributed by atoms with Crippen LogP contribution in [0.15, 0.2) is 36.5 Å². The van der Waals surface area contributed by atoms with E-state index in [1.165, 1.54) is 154 Å². The average molecular weight is 1050 g/mol. The molecule has 0 aromatic heterocycles. The van der Waals surface area contributed by atoms with Crippen LogP contribution in [-0.4, -0.2) is 140 Å². The van der Waals surface area contributed by atoms with E-state index in [4.69, 9.17) is 18.9 Å². The highest BCUT2D eigenvalue weighted by molar-refractivity contribution is 5.76. The molecule has 0 aromatic rings. The molecule has 12 atom stereocenters. The van der Waals surface area contributed by atoms with E-state index < -0.39 is 86.8 Å². The molecule has 0 aliphatic carbocycles. The summed E-state index contributed by atoms with van der Waals surface area (Å²) in [5.41, 5.74) is 0. The predicted molar refractivity (Wildman–Crippen MR) is 295 cm³/mol. The van der Waals surface area contributed by atoms with Crippen LogP contribution in [0, 0.1) is 0 Å². The number of unbranched alkanes of at least 4 members (excludes halogenated alkanes) is 31. The van der Waals surface area contributed by atoms with Crippen LogP contribution in [0.4, 0.5) is 0 Å². The van der Waals surface area contributed by atoms with E-state index >= 15 is 0 Å². The zero-order valence-electron chi connectivity index (χ0n) is 46.6. The highest BCUT2D eigenvalue weighted by Gasteiger charge is 2.51. The molecule has 0 radical (unpaired) electrons. The van der Waals surface area contributed by atoms with Crippen molar-refractivity contribution in [3.8, 4) is 0 Å². The number of allylic oxidation sites excluding steroid dienone is 5. The van der Waals surface area contributed by atoms with E-state index in [2.05, 4.69) is 43.5 Å². The number of amides is 1. The molecule has 434 valence electrons. The monoisotopic (exact) mass is 1050 g/mol. The van der Waals surface area contributed by atoms with E-state index in [1.807, 2.05) is 6.08 Å². The summed E-state index contributed by atoms with van der Waals surface area (Å²) in [6.07, 6.45) is 39.0. The van der Waals surface area contributed by atoms with Crippen molar-refractivity contribution in [2.24, 2.45) is 0 Å². The summed E-state index contributed by atoms with van der Waals surface area (Å²) in [5, 5.41) is 87.1. The topological polar surface area (TPSA) is 228 Å². The van der Waals surface area contributed by atoms with Gasteiger partial charge in [0.2, 0.25) is 5.91 Å². The molecule has 2 rings (SSSR count). The first-order valence-corrected chi connectivity index (χ1v) is 30.2. The summed E-state index contributed by atoms with van der Waals surface area (Å²) in [7, 11) is 0. The fraction of sp³-hybridized carbons (Fsp3) is 0.883. The van der Waals surface area contributed by atoms with Crippen LogP contribution in [0.25, 0.3) is 0 Å². The number of aliphatic hydroxyl groups is 8. The molecular formula is C60H111NO13. The molecule has 0 aromatic carbocycles. The average Bonchev–Trinajstić information content (AvgIpc) is 3.40. The summed E-state index contributed by atoms with van der Waals surface area (Å²) in [6.45, 7) is 2.79. The van der Waals surface area contributed by atoms with Crippen LogP contribution in [0.3, 0.4) is 0 Å². The second-order valence-electron chi connectivity index (χ2n) is 21.5. The van der Waals surface area contributed by atoms with Gasteiger partial charge >= 0.3 is 0 Å². The Morgan fingerprint density at radius 2 is 0.892 bits per heavy atom. The number of aliphatic hydroxyl groups excluding tert-OH is 8. The van der Waals surface area contributed by atoms with Gasteiger partial charge in [-0.15, -0.1) is 0 Å². The van der Waals surface area contributed by atoms with Gasteiger partial charge in [0.15, 0.2) is 12.6 Å². The summed E-state index contributed by atoms with van der Waals surface area (Å²) in [6, 6.07) is -0.922. The highest BCUT2D eigenvalue weighted by Crippen LogP contribution is 2.30. The molecule has 0 saturated carbocycles. The van der Waals surface area contributed by atoms with Gasteiger partial charge in [0.1, 0.15) is 48.8 Å². The quantitative estimate of drug-likeness (QED) is 0.0204. The third-order valence-electron chi connectivity index (χ3n) is 14.8. The van der Waals surface area contributed by atoms with E-state index in [0.29, 0.717) is 6.42 Å². The van der Waals surface area contributed by atoms with Gasteiger partial charge in [0.25, 0.3) is 0 Å². The lowest BCUT2D eigenvalue weighted by Gasteiger charge is -2.46. The third kappa shape index (κ3) is 31.6. The highest BCUT2D eigenvalue weighted by atomic mass is 16.7. The minimum atomic E-state index is -1.79. The second-order valence-corrected chi connectivity index (χ2v) is 21.5. The van der Waals surface area contributed by atoms with Crippen molar-refractivity contribution in [2.75, 3.05) is 19.8 Å². The smallest absolute Gasteiger partial charge is 0.220 e. The molecule has 2 aliphatic rings. The van der Waals surface area contributed by atoms with Gasteiger partial charge in [-0.3, -0.25) is 4.79 Å². The summed E-state index contributed by atoms with van der Waals surface area (Å²) < 4.78 is 22.8. The maximum Gasteiger partial charge on any atom is 0.220 e. The van der Waals surface area contributed by atoms with E-state index in [1.54, 1.807) is 6.08 Å². The van der Waals surface area contributed by atoms with Crippen molar-refractivity contribution in [1.82, 2.24) is 5.32 Å². The Kier molecular flexibility index (Phi) is 42.6. The largest absolute Gasteiger partial charge is 0.394 e. The number of carbonyl (C=O) groups excluding carboxylic acids is 1. The molecule has 0 spiro atoms. The van der Waals surface area contributed by atoms with Gasteiger partial charge in [-0.2, -0.15) is 0 Å². The van der Waals surface area contributed by atoms with Crippen molar-refractivity contribution in [3.05, 3.63) is 36.5 Å². The Morgan fingerprint density at radius 1 is 0.486 bits per heavy atom. The Balaban J connectivity index is 1.76. The number of ether oxygens (including phenoxy) is 4. The minimum Gasteiger partial charge on any atom is -0.394 e. The lowest BCUT2D eigenvalue weighted by molar-refractivity contribution is -0.359. The molecule has 9 N–H and O–H groups in total. The lowest BCUT2D eigenvalue weighted by Crippen LogP contribution is -2.65. The molecule has 12 unspecified atom stereocenters. The first kappa shape index (κ1) is 68.3. The molecule has 2 aliphatic heterocycles. The maximum atomic E-state index is 13.2. The maximum absolute atomic E-state index is 13.2. The fourth-order valence-electron chi connectivity index (χ4n) is 9.91. The molecule has 2 fully saturated rings. The van der Waals surface area contributed by atoms with Gasteiger partial charge in [-0.1, -0.05) is 224 Å². The Labute approximate surface area is 449 Å². The van der Waals surface area contributed by atoms with Crippen LogP contribution < -0.4 is 5.32 Å². The van der Waals surface area contributed by atoms with E-state index in [0.717, 1.165) is 64.2 Å². The van der Waals surface area contributed by atoms with Gasteiger partial charge < -0.3 is 65.1 Å². The van der Waals surface area contributed by atoms with Gasteiger partial charge in [-0.25, -0.2) is 0 Å². The van der Waals surface area contributed by atoms with E-state index in [-0.39, 0.29) is 18.9 Å². The molecule has 74 heavy (non-hydrogen) atoms. The lowest BCUT2D eigenvalue weighted by atomic mass is 9.97. The van der Waals surface area contributed by atoms with Crippen molar-refractivity contribution >= 4 is 5.91 Å². The van der Waals surface area contributed by atoms with Crippen molar-refractivity contribution in [2.45, 2.75) is 319 Å². The first-order valence-electron chi connectivity index (χ1n) is 30.2. The third-order valence-corrected chi connectivity index (χ3v) is 14.8. The number of hydrogen-bond donors (Lipinski definition) is 9. The zero-order chi connectivity index (χ0) is 53.9. The number of nitrogens with one attached hydrogen (secondary N) is 1. The van der Waals surface area contributed by atoms with Gasteiger partial charge in [0, 0.05) is 6.42 Å². The molecular weight excluding hydrogens is 943 g/mol. The van der Waals surface area contributed by atoms with Gasteiger partial charge in [-0.05, 0) is 51.4 Å². The Bertz CT molecular complexity index is 1380. The fourth-order valence-corrected chi connectivity index (χ4v) is 9.91. The Morgan fingerprint density at radius 3 is 1.36 bits per heavy atom. The molecule has 1 amide bonds. The molecule has 2 saturated heterocycles. The number of carbonyl (C=O) groups is 1. The zero-order valence-corrected chi connectivity index (χ0v) is 46.6.